The lowest BCUT2D eigenvalue weighted by atomic mass is 9.98. The lowest BCUT2D eigenvalue weighted by Crippen LogP contribution is -2.31. The first kappa shape index (κ1) is 12.3. The number of likely N-dealkylation sites (tertiary alicyclic amines) is 1. The Morgan fingerprint density at radius 1 is 1.12 bits per heavy atom. The van der Waals surface area contributed by atoms with E-state index in [0.717, 1.165) is 31.5 Å². The first-order valence-corrected chi connectivity index (χ1v) is 6.23. The van der Waals surface area contributed by atoms with Crippen LogP contribution in [-0.2, 0) is 9.47 Å². The average Bonchev–Trinajstić information content (AvgIpc) is 2.86. The number of methoxy groups -OCH3 is 2. The molecule has 0 radical (unpaired) electrons. The third kappa shape index (κ3) is 2.56. The lowest BCUT2D eigenvalue weighted by Gasteiger charge is -2.22. The van der Waals surface area contributed by atoms with Crippen LogP contribution < -0.4 is 5.32 Å². The summed E-state index contributed by atoms with van der Waals surface area (Å²) in [5.41, 5.74) is 0. The summed E-state index contributed by atoms with van der Waals surface area (Å²) in [6, 6.07) is 0. The van der Waals surface area contributed by atoms with Gasteiger partial charge in [-0.3, -0.25) is 4.90 Å². The number of nitrogens with zero attached hydrogens (tertiary/aromatic N) is 1. The molecule has 2 rings (SSSR count). The Labute approximate surface area is 98.3 Å². The average molecular weight is 228 g/mol. The Hall–Kier alpha value is -0.160. The van der Waals surface area contributed by atoms with Gasteiger partial charge in [-0.25, -0.2) is 0 Å². The summed E-state index contributed by atoms with van der Waals surface area (Å²) < 4.78 is 10.9. The second-order valence-corrected chi connectivity index (χ2v) is 5.16. The van der Waals surface area contributed by atoms with E-state index in [0.29, 0.717) is 0 Å². The van der Waals surface area contributed by atoms with Gasteiger partial charge in [0.25, 0.3) is 0 Å². The van der Waals surface area contributed by atoms with Gasteiger partial charge in [0.15, 0.2) is 0 Å². The molecule has 0 aromatic rings. The molecule has 4 nitrogen and oxygen atoms in total. The maximum atomic E-state index is 5.45. The third-order valence-electron chi connectivity index (χ3n) is 4.07. The Morgan fingerprint density at radius 3 is 2.19 bits per heavy atom. The van der Waals surface area contributed by atoms with E-state index >= 15 is 0 Å². The normalized spacial score (nSPS) is 40.7. The molecule has 0 spiro atoms. The second-order valence-electron chi connectivity index (χ2n) is 5.16. The molecular formula is C12H24N2O2. The highest BCUT2D eigenvalue weighted by molar-refractivity contribution is 4.89. The predicted molar refractivity (Wildman–Crippen MR) is 63.6 cm³/mol. The Kier molecular flexibility index (Phi) is 4.19. The second kappa shape index (κ2) is 5.45. The molecule has 0 bridgehead atoms. The van der Waals surface area contributed by atoms with Crippen molar-refractivity contribution in [3.63, 3.8) is 0 Å². The standard InChI is InChI=1S/C12H24N2O2/c1-9-4-13-5-10(9)6-14-7-11(15-2)12(8-14)16-3/h9-13H,4-8H2,1-3H3/t9-,10+,11?,12?/m1/s1. The smallest absolute Gasteiger partial charge is 0.0971 e. The minimum atomic E-state index is 0.245. The van der Waals surface area contributed by atoms with E-state index in [1.807, 2.05) is 0 Å². The number of hydrogen-bond donors (Lipinski definition) is 1. The number of ether oxygens (including phenoxy) is 2. The maximum Gasteiger partial charge on any atom is 0.0971 e. The highest BCUT2D eigenvalue weighted by atomic mass is 16.5. The molecule has 4 heteroatoms. The van der Waals surface area contributed by atoms with Gasteiger partial charge in [0.1, 0.15) is 0 Å². The van der Waals surface area contributed by atoms with E-state index in [2.05, 4.69) is 17.1 Å². The Bertz CT molecular complexity index is 213. The van der Waals surface area contributed by atoms with Crippen LogP contribution in [0.5, 0.6) is 0 Å². The molecule has 0 amide bonds. The molecule has 1 N–H and O–H groups in total. The van der Waals surface area contributed by atoms with Crippen LogP contribution in [0.3, 0.4) is 0 Å². The number of hydrogen-bond acceptors (Lipinski definition) is 4. The van der Waals surface area contributed by atoms with Crippen LogP contribution in [0.15, 0.2) is 0 Å². The van der Waals surface area contributed by atoms with Gasteiger partial charge in [0.2, 0.25) is 0 Å². The summed E-state index contributed by atoms with van der Waals surface area (Å²) >= 11 is 0. The zero-order valence-corrected chi connectivity index (χ0v) is 10.6. The monoisotopic (exact) mass is 228 g/mol. The molecule has 0 saturated carbocycles. The summed E-state index contributed by atoms with van der Waals surface area (Å²) in [5.74, 6) is 1.58. The van der Waals surface area contributed by atoms with E-state index < -0.39 is 0 Å². The number of nitrogens with one attached hydrogen (secondary N) is 1. The zero-order chi connectivity index (χ0) is 11.5. The first-order valence-electron chi connectivity index (χ1n) is 6.23. The lowest BCUT2D eigenvalue weighted by molar-refractivity contribution is -0.00461. The zero-order valence-electron chi connectivity index (χ0n) is 10.6. The van der Waals surface area contributed by atoms with Crippen molar-refractivity contribution in [3.8, 4) is 0 Å². The summed E-state index contributed by atoms with van der Waals surface area (Å²) in [4.78, 5) is 2.48. The maximum absolute atomic E-state index is 5.45. The van der Waals surface area contributed by atoms with E-state index in [1.165, 1.54) is 13.1 Å². The van der Waals surface area contributed by atoms with Crippen LogP contribution in [0.4, 0.5) is 0 Å². The molecule has 16 heavy (non-hydrogen) atoms. The van der Waals surface area contributed by atoms with E-state index in [-0.39, 0.29) is 12.2 Å². The van der Waals surface area contributed by atoms with Crippen LogP contribution in [0.25, 0.3) is 0 Å². The summed E-state index contributed by atoms with van der Waals surface area (Å²) in [6.07, 6.45) is 0.490. The minimum Gasteiger partial charge on any atom is -0.377 e. The van der Waals surface area contributed by atoms with Crippen molar-refractivity contribution in [2.75, 3.05) is 46.9 Å². The highest BCUT2D eigenvalue weighted by Crippen LogP contribution is 2.21. The van der Waals surface area contributed by atoms with Gasteiger partial charge in [-0.15, -0.1) is 0 Å². The van der Waals surface area contributed by atoms with Crippen molar-refractivity contribution in [1.29, 1.82) is 0 Å². The minimum absolute atomic E-state index is 0.245. The first-order chi connectivity index (χ1) is 7.74. The van der Waals surface area contributed by atoms with E-state index in [9.17, 15) is 0 Å². The SMILES string of the molecule is COC1CN(C[C@@H]2CNC[C@H]2C)CC1OC. The number of rotatable bonds is 4. The van der Waals surface area contributed by atoms with Crippen molar-refractivity contribution >= 4 is 0 Å². The van der Waals surface area contributed by atoms with Gasteiger partial charge in [0.05, 0.1) is 12.2 Å². The van der Waals surface area contributed by atoms with Crippen molar-refractivity contribution < 1.29 is 9.47 Å². The quantitative estimate of drug-likeness (QED) is 0.745. The van der Waals surface area contributed by atoms with Crippen LogP contribution in [-0.4, -0.2) is 64.1 Å². The highest BCUT2D eigenvalue weighted by Gasteiger charge is 2.35. The summed E-state index contributed by atoms with van der Waals surface area (Å²) in [7, 11) is 3.56. The van der Waals surface area contributed by atoms with Gasteiger partial charge < -0.3 is 14.8 Å². The Morgan fingerprint density at radius 2 is 1.75 bits per heavy atom. The Balaban J connectivity index is 1.83. The molecule has 2 fully saturated rings. The summed E-state index contributed by atoms with van der Waals surface area (Å²) in [5, 5.41) is 3.46. The molecule has 94 valence electrons. The van der Waals surface area contributed by atoms with Gasteiger partial charge in [-0.05, 0) is 24.9 Å². The van der Waals surface area contributed by atoms with Crippen molar-refractivity contribution in [3.05, 3.63) is 0 Å². The van der Waals surface area contributed by atoms with Gasteiger partial charge in [-0.1, -0.05) is 6.92 Å². The fraction of sp³-hybridized carbons (Fsp3) is 1.00. The van der Waals surface area contributed by atoms with E-state index in [4.69, 9.17) is 9.47 Å². The van der Waals surface area contributed by atoms with Crippen molar-refractivity contribution in [1.82, 2.24) is 10.2 Å². The van der Waals surface area contributed by atoms with Crippen LogP contribution >= 0.6 is 0 Å². The molecule has 4 atom stereocenters. The van der Waals surface area contributed by atoms with Crippen LogP contribution in [0.2, 0.25) is 0 Å². The molecule has 2 unspecified atom stereocenters. The molecule has 0 aromatic heterocycles. The molecular weight excluding hydrogens is 204 g/mol. The topological polar surface area (TPSA) is 33.7 Å². The molecule has 2 aliphatic heterocycles. The predicted octanol–water partition coefficient (Wildman–Crippen LogP) is 0.188. The summed E-state index contributed by atoms with van der Waals surface area (Å²) in [6.45, 7) is 7.86. The third-order valence-corrected chi connectivity index (χ3v) is 4.07. The molecule has 0 aliphatic carbocycles. The van der Waals surface area contributed by atoms with Gasteiger partial charge >= 0.3 is 0 Å². The van der Waals surface area contributed by atoms with Crippen molar-refractivity contribution in [2.24, 2.45) is 11.8 Å². The van der Waals surface area contributed by atoms with E-state index in [1.54, 1.807) is 14.2 Å². The molecule has 2 saturated heterocycles. The van der Waals surface area contributed by atoms with Crippen LogP contribution in [0.1, 0.15) is 6.92 Å². The van der Waals surface area contributed by atoms with Gasteiger partial charge in [-0.2, -0.15) is 0 Å². The molecule has 2 heterocycles. The fourth-order valence-electron chi connectivity index (χ4n) is 2.86. The largest absolute Gasteiger partial charge is 0.377 e. The van der Waals surface area contributed by atoms with Gasteiger partial charge in [0, 0.05) is 33.9 Å². The molecule has 2 aliphatic rings. The fourth-order valence-corrected chi connectivity index (χ4v) is 2.86. The van der Waals surface area contributed by atoms with Crippen molar-refractivity contribution in [2.45, 2.75) is 19.1 Å². The molecule has 0 aromatic carbocycles. The van der Waals surface area contributed by atoms with Crippen LogP contribution in [0, 0.1) is 11.8 Å².